The zero-order valence-corrected chi connectivity index (χ0v) is 14.6. The molecule has 1 heterocycles. The number of hydrogen-bond acceptors (Lipinski definition) is 3. The van der Waals surface area contributed by atoms with Gasteiger partial charge < -0.3 is 10.3 Å². The second kappa shape index (κ2) is 7.42. The zero-order chi connectivity index (χ0) is 16.2. The third-order valence-corrected chi connectivity index (χ3v) is 5.61. The van der Waals surface area contributed by atoms with Crippen molar-refractivity contribution in [3.8, 4) is 0 Å². The van der Waals surface area contributed by atoms with E-state index in [4.69, 9.17) is 5.73 Å². The van der Waals surface area contributed by atoms with Gasteiger partial charge in [0.05, 0.1) is 4.90 Å². The van der Waals surface area contributed by atoms with Gasteiger partial charge in [0, 0.05) is 30.5 Å². The maximum absolute atomic E-state index is 12.5. The highest BCUT2D eigenvalue weighted by molar-refractivity contribution is 7.89. The van der Waals surface area contributed by atoms with Crippen molar-refractivity contribution in [1.29, 1.82) is 0 Å². The standard InChI is InChI=1S/C15H29N3O2S/c1-6-13(7-2)12(5)17-21(19,20)15-8-14(9-16)18(10-15)11(3)4/h8,10-13,17H,6-7,9,16H2,1-5H3. The van der Waals surface area contributed by atoms with Crippen molar-refractivity contribution in [2.45, 2.75) is 71.0 Å². The van der Waals surface area contributed by atoms with Crippen molar-refractivity contribution in [3.63, 3.8) is 0 Å². The van der Waals surface area contributed by atoms with Crippen LogP contribution in [-0.2, 0) is 16.6 Å². The number of nitrogens with one attached hydrogen (secondary N) is 1. The summed E-state index contributed by atoms with van der Waals surface area (Å²) in [6.07, 6.45) is 3.59. The van der Waals surface area contributed by atoms with Gasteiger partial charge in [0.1, 0.15) is 0 Å². The van der Waals surface area contributed by atoms with Gasteiger partial charge >= 0.3 is 0 Å². The Morgan fingerprint density at radius 2 is 1.81 bits per heavy atom. The maximum atomic E-state index is 12.5. The summed E-state index contributed by atoms with van der Waals surface area (Å²) in [6.45, 7) is 10.4. The van der Waals surface area contributed by atoms with Crippen molar-refractivity contribution in [2.24, 2.45) is 11.7 Å². The summed E-state index contributed by atoms with van der Waals surface area (Å²) in [5.74, 6) is 0.348. The number of sulfonamides is 1. The third-order valence-electron chi connectivity index (χ3n) is 4.08. The van der Waals surface area contributed by atoms with Gasteiger partial charge in [-0.3, -0.25) is 0 Å². The number of rotatable bonds is 8. The van der Waals surface area contributed by atoms with Crippen LogP contribution in [0, 0.1) is 5.92 Å². The molecule has 0 spiro atoms. The van der Waals surface area contributed by atoms with Gasteiger partial charge in [0.2, 0.25) is 10.0 Å². The lowest BCUT2D eigenvalue weighted by Crippen LogP contribution is -2.37. The van der Waals surface area contributed by atoms with E-state index in [0.717, 1.165) is 18.5 Å². The molecule has 1 rings (SSSR count). The molecular formula is C15H29N3O2S. The van der Waals surface area contributed by atoms with Crippen molar-refractivity contribution < 1.29 is 8.42 Å². The molecule has 0 aromatic carbocycles. The lowest BCUT2D eigenvalue weighted by molar-refractivity contribution is 0.390. The lowest BCUT2D eigenvalue weighted by atomic mass is 9.96. The minimum Gasteiger partial charge on any atom is -0.346 e. The van der Waals surface area contributed by atoms with Crippen molar-refractivity contribution >= 4 is 10.0 Å². The first-order valence-corrected chi connectivity index (χ1v) is 9.18. The summed E-state index contributed by atoms with van der Waals surface area (Å²) in [4.78, 5) is 0.300. The van der Waals surface area contributed by atoms with Crippen molar-refractivity contribution in [1.82, 2.24) is 9.29 Å². The van der Waals surface area contributed by atoms with E-state index in [1.807, 2.05) is 25.3 Å². The molecule has 1 atom stereocenters. The molecule has 122 valence electrons. The van der Waals surface area contributed by atoms with Crippen LogP contribution in [0.5, 0.6) is 0 Å². The third kappa shape index (κ3) is 4.31. The summed E-state index contributed by atoms with van der Waals surface area (Å²) in [7, 11) is -3.50. The first-order chi connectivity index (χ1) is 9.76. The van der Waals surface area contributed by atoms with E-state index in [-0.39, 0.29) is 12.1 Å². The average molecular weight is 315 g/mol. The first-order valence-electron chi connectivity index (χ1n) is 7.69. The molecule has 3 N–H and O–H groups in total. The molecular weight excluding hydrogens is 286 g/mol. The Balaban J connectivity index is 3.03. The van der Waals surface area contributed by atoms with Crippen LogP contribution in [0.4, 0.5) is 0 Å². The first kappa shape index (κ1) is 18.2. The van der Waals surface area contributed by atoms with Gasteiger partial charge in [-0.2, -0.15) is 0 Å². The molecule has 0 aliphatic carbocycles. The molecule has 0 fully saturated rings. The van der Waals surface area contributed by atoms with Crippen molar-refractivity contribution in [2.75, 3.05) is 0 Å². The smallest absolute Gasteiger partial charge is 0.242 e. The van der Waals surface area contributed by atoms with Gasteiger partial charge in [0.15, 0.2) is 0 Å². The minimum atomic E-state index is -3.50. The molecule has 21 heavy (non-hydrogen) atoms. The topological polar surface area (TPSA) is 77.1 Å². The molecule has 1 unspecified atom stereocenters. The van der Waals surface area contributed by atoms with Gasteiger partial charge in [-0.15, -0.1) is 0 Å². The summed E-state index contributed by atoms with van der Waals surface area (Å²) >= 11 is 0. The van der Waals surface area contributed by atoms with Crippen LogP contribution < -0.4 is 10.5 Å². The van der Waals surface area contributed by atoms with Crippen molar-refractivity contribution in [3.05, 3.63) is 18.0 Å². The molecule has 6 heteroatoms. The summed E-state index contributed by atoms with van der Waals surface area (Å²) < 4.78 is 29.7. The molecule has 0 saturated carbocycles. The quantitative estimate of drug-likeness (QED) is 0.774. The fourth-order valence-corrected chi connectivity index (χ4v) is 4.05. The van der Waals surface area contributed by atoms with E-state index in [1.54, 1.807) is 12.3 Å². The summed E-state index contributed by atoms with van der Waals surface area (Å²) in [5, 5.41) is 0. The fraction of sp³-hybridized carbons (Fsp3) is 0.733. The van der Waals surface area contributed by atoms with Gasteiger partial charge in [-0.05, 0) is 32.8 Å². The number of nitrogens with two attached hydrogens (primary N) is 1. The van der Waals surface area contributed by atoms with E-state index in [2.05, 4.69) is 18.6 Å². The normalized spacial score (nSPS) is 14.1. The number of aromatic nitrogens is 1. The zero-order valence-electron chi connectivity index (χ0n) is 13.8. The largest absolute Gasteiger partial charge is 0.346 e. The summed E-state index contributed by atoms with van der Waals surface area (Å²) in [5.41, 5.74) is 6.54. The van der Waals surface area contributed by atoms with Crippen LogP contribution >= 0.6 is 0 Å². The van der Waals surface area contributed by atoms with Gasteiger partial charge in [-0.1, -0.05) is 26.7 Å². The maximum Gasteiger partial charge on any atom is 0.242 e. The van der Waals surface area contributed by atoms with E-state index in [0.29, 0.717) is 17.4 Å². The van der Waals surface area contributed by atoms with E-state index >= 15 is 0 Å². The molecule has 0 bridgehead atoms. The molecule has 0 saturated heterocycles. The van der Waals surface area contributed by atoms with Gasteiger partial charge in [0.25, 0.3) is 0 Å². The van der Waals surface area contributed by atoms with Crippen LogP contribution in [0.3, 0.4) is 0 Å². The minimum absolute atomic E-state index is 0.0753. The SMILES string of the molecule is CCC(CC)C(C)NS(=O)(=O)c1cc(CN)n(C(C)C)c1. The van der Waals surface area contributed by atoms with E-state index in [9.17, 15) is 8.42 Å². The second-order valence-corrected chi connectivity index (χ2v) is 7.57. The fourth-order valence-electron chi connectivity index (χ4n) is 2.69. The highest BCUT2D eigenvalue weighted by Crippen LogP contribution is 2.20. The van der Waals surface area contributed by atoms with Crippen LogP contribution in [0.2, 0.25) is 0 Å². The van der Waals surface area contributed by atoms with Crippen LogP contribution in [0.15, 0.2) is 17.2 Å². The van der Waals surface area contributed by atoms with Gasteiger partial charge in [-0.25, -0.2) is 13.1 Å². The highest BCUT2D eigenvalue weighted by Gasteiger charge is 2.24. The Bertz CT molecular complexity index is 545. The Hall–Kier alpha value is -0.850. The summed E-state index contributed by atoms with van der Waals surface area (Å²) in [6, 6.07) is 1.78. The van der Waals surface area contributed by atoms with E-state index < -0.39 is 10.0 Å². The number of hydrogen-bond donors (Lipinski definition) is 2. The molecule has 1 aromatic heterocycles. The molecule has 1 aromatic rings. The average Bonchev–Trinajstić information content (AvgIpc) is 2.84. The second-order valence-electron chi connectivity index (χ2n) is 5.86. The molecule has 0 radical (unpaired) electrons. The lowest BCUT2D eigenvalue weighted by Gasteiger charge is -2.22. The van der Waals surface area contributed by atoms with Crippen LogP contribution in [0.25, 0.3) is 0 Å². The Labute approximate surface area is 129 Å². The molecule has 0 amide bonds. The number of nitrogens with zero attached hydrogens (tertiary/aromatic N) is 1. The molecule has 0 aliphatic rings. The monoisotopic (exact) mass is 315 g/mol. The molecule has 0 aliphatic heterocycles. The Kier molecular flexibility index (Phi) is 6.43. The predicted octanol–water partition coefficient (Wildman–Crippen LogP) is 2.63. The Morgan fingerprint density at radius 3 is 2.19 bits per heavy atom. The van der Waals surface area contributed by atoms with Crippen LogP contribution in [-0.4, -0.2) is 19.0 Å². The highest BCUT2D eigenvalue weighted by atomic mass is 32.2. The predicted molar refractivity (Wildman–Crippen MR) is 86.6 cm³/mol. The van der Waals surface area contributed by atoms with Crippen LogP contribution in [0.1, 0.15) is 59.2 Å². The molecule has 5 nitrogen and oxygen atoms in total. The van der Waals surface area contributed by atoms with E-state index in [1.165, 1.54) is 0 Å². The Morgan fingerprint density at radius 1 is 1.24 bits per heavy atom.